The maximum Gasteiger partial charge on any atom is 0.164 e. The van der Waals surface area contributed by atoms with Crippen LogP contribution in [0.2, 0.25) is 0 Å². The number of hydrogen-bond donors (Lipinski definition) is 0. The summed E-state index contributed by atoms with van der Waals surface area (Å²) in [5.41, 5.74) is 9.76. The highest BCUT2D eigenvalue weighted by atomic mass is 16.3. The van der Waals surface area contributed by atoms with E-state index in [1.54, 1.807) is 0 Å². The molecular weight excluding hydrogens is 627 g/mol. The highest BCUT2D eigenvalue weighted by molar-refractivity contribution is 6.10. The van der Waals surface area contributed by atoms with Gasteiger partial charge in [0.15, 0.2) is 17.5 Å². The molecule has 0 radical (unpaired) electrons. The van der Waals surface area contributed by atoms with E-state index in [1.807, 2.05) is 91.1 Å². The molecule has 4 heterocycles. The molecule has 6 nitrogen and oxygen atoms in total. The second-order valence-corrected chi connectivity index (χ2v) is 12.5. The van der Waals surface area contributed by atoms with Crippen molar-refractivity contribution >= 4 is 43.7 Å². The lowest BCUT2D eigenvalue weighted by atomic mass is 9.96. The Balaban J connectivity index is 1.24. The maximum absolute atomic E-state index is 6.52. The van der Waals surface area contributed by atoms with Gasteiger partial charge in [0.1, 0.15) is 11.2 Å². The lowest BCUT2D eigenvalue weighted by Gasteiger charge is -2.13. The molecule has 0 N–H and O–H groups in total. The van der Waals surface area contributed by atoms with Crippen molar-refractivity contribution < 1.29 is 4.42 Å². The predicted octanol–water partition coefficient (Wildman–Crippen LogP) is 11.2. The van der Waals surface area contributed by atoms with Crippen LogP contribution in [-0.4, -0.2) is 24.9 Å². The summed E-state index contributed by atoms with van der Waals surface area (Å²) < 4.78 is 6.52. The Labute approximate surface area is 292 Å². The average molecular weight is 654 g/mol. The van der Waals surface area contributed by atoms with Crippen molar-refractivity contribution in [3.63, 3.8) is 0 Å². The predicted molar refractivity (Wildman–Crippen MR) is 205 cm³/mol. The molecule has 0 saturated heterocycles. The molecule has 0 fully saturated rings. The third-order valence-electron chi connectivity index (χ3n) is 9.33. The van der Waals surface area contributed by atoms with Crippen LogP contribution in [0, 0.1) is 0 Å². The van der Waals surface area contributed by atoms with Gasteiger partial charge in [0, 0.05) is 55.6 Å². The van der Waals surface area contributed by atoms with Gasteiger partial charge in [-0.25, -0.2) is 19.9 Å². The number of rotatable bonds is 5. The van der Waals surface area contributed by atoms with Gasteiger partial charge in [-0.15, -0.1) is 0 Å². The van der Waals surface area contributed by atoms with Crippen LogP contribution in [0.25, 0.3) is 100 Å². The van der Waals surface area contributed by atoms with Crippen molar-refractivity contribution in [3.8, 4) is 56.5 Å². The number of nitrogens with zero attached hydrogens (tertiary/aromatic N) is 5. The summed E-state index contributed by atoms with van der Waals surface area (Å²) in [6.07, 6.45) is 1.82. The van der Waals surface area contributed by atoms with E-state index in [0.29, 0.717) is 17.5 Å². The number of hydrogen-bond acceptors (Lipinski definition) is 6. The largest absolute Gasteiger partial charge is 0.455 e. The molecule has 0 atom stereocenters. The Bertz CT molecular complexity index is 2860. The van der Waals surface area contributed by atoms with Crippen LogP contribution in [0.3, 0.4) is 0 Å². The van der Waals surface area contributed by atoms with Gasteiger partial charge in [-0.05, 0) is 42.0 Å². The van der Waals surface area contributed by atoms with Crippen molar-refractivity contribution in [2.24, 2.45) is 0 Å². The van der Waals surface area contributed by atoms with Gasteiger partial charge in [-0.3, -0.25) is 4.98 Å². The molecule has 4 aromatic heterocycles. The van der Waals surface area contributed by atoms with Crippen LogP contribution in [0.1, 0.15) is 0 Å². The SMILES string of the molecule is c1ccc(-c2nc(-c3ccccc3)nc(-c3cc(-c4ccc5ccc6cccnc6c5n4)cc(-c4cccc5c4oc4ccccc45)c3)n2)cc1. The van der Waals surface area contributed by atoms with Gasteiger partial charge in [-0.1, -0.05) is 121 Å². The lowest BCUT2D eigenvalue weighted by Crippen LogP contribution is -2.00. The van der Waals surface area contributed by atoms with Crippen molar-refractivity contribution in [2.45, 2.75) is 0 Å². The molecule has 51 heavy (non-hydrogen) atoms. The molecule has 0 bridgehead atoms. The second-order valence-electron chi connectivity index (χ2n) is 12.5. The minimum atomic E-state index is 0.565. The molecule has 6 aromatic carbocycles. The van der Waals surface area contributed by atoms with Gasteiger partial charge in [-0.2, -0.15) is 0 Å². The first-order valence-corrected chi connectivity index (χ1v) is 16.8. The zero-order valence-electron chi connectivity index (χ0n) is 27.2. The monoisotopic (exact) mass is 653 g/mol. The summed E-state index contributed by atoms with van der Waals surface area (Å²) in [5.74, 6) is 1.77. The van der Waals surface area contributed by atoms with Gasteiger partial charge < -0.3 is 4.42 Å². The first-order chi connectivity index (χ1) is 25.2. The molecule has 0 saturated carbocycles. The zero-order chi connectivity index (χ0) is 33.7. The van der Waals surface area contributed by atoms with E-state index in [0.717, 1.165) is 82.8 Å². The smallest absolute Gasteiger partial charge is 0.164 e. The first-order valence-electron chi connectivity index (χ1n) is 16.8. The van der Waals surface area contributed by atoms with Crippen LogP contribution < -0.4 is 0 Å². The molecular formula is C45H27N5O. The molecule has 0 spiro atoms. The number of furan rings is 1. The average Bonchev–Trinajstić information content (AvgIpc) is 3.60. The fraction of sp³-hybridized carbons (Fsp3) is 0. The van der Waals surface area contributed by atoms with Gasteiger partial charge in [0.05, 0.1) is 16.7 Å². The molecule has 238 valence electrons. The summed E-state index contributed by atoms with van der Waals surface area (Å²) in [4.78, 5) is 25.0. The zero-order valence-corrected chi connectivity index (χ0v) is 27.2. The molecule has 0 aliphatic carbocycles. The Hall–Kier alpha value is -7.05. The number of pyridine rings is 2. The number of benzene rings is 6. The van der Waals surface area contributed by atoms with Crippen molar-refractivity contribution in [3.05, 3.63) is 164 Å². The minimum Gasteiger partial charge on any atom is -0.455 e. The summed E-state index contributed by atoms with van der Waals surface area (Å²) in [6.45, 7) is 0. The minimum absolute atomic E-state index is 0.565. The molecule has 0 amide bonds. The fourth-order valence-electron chi connectivity index (χ4n) is 6.86. The Kier molecular flexibility index (Phi) is 6.70. The molecule has 0 aliphatic rings. The van der Waals surface area contributed by atoms with E-state index >= 15 is 0 Å². The standard InChI is InChI=1S/C45H27N5O/c1-3-11-30(12-4-1)43-48-44(31-13-5-2-6-14-31)50-45(49-43)34-26-32(35-17-9-18-37-36-16-7-8-19-39(36)51-42(35)37)25-33(27-34)38-23-22-29-21-20-28-15-10-24-46-40(28)41(29)47-38/h1-27H. The van der Waals surface area contributed by atoms with E-state index in [9.17, 15) is 0 Å². The summed E-state index contributed by atoms with van der Waals surface area (Å²) in [7, 11) is 0. The van der Waals surface area contributed by atoms with Crippen molar-refractivity contribution in [2.75, 3.05) is 0 Å². The Morgan fingerprint density at radius 1 is 0.392 bits per heavy atom. The van der Waals surface area contributed by atoms with E-state index in [2.05, 4.69) is 72.8 Å². The fourth-order valence-corrected chi connectivity index (χ4v) is 6.86. The first kappa shape index (κ1) is 28.9. The number of para-hydroxylation sites is 2. The van der Waals surface area contributed by atoms with E-state index in [-0.39, 0.29) is 0 Å². The topological polar surface area (TPSA) is 77.6 Å². The highest BCUT2D eigenvalue weighted by Gasteiger charge is 2.18. The van der Waals surface area contributed by atoms with Crippen molar-refractivity contribution in [1.82, 2.24) is 24.9 Å². The van der Waals surface area contributed by atoms with Gasteiger partial charge in [0.2, 0.25) is 0 Å². The van der Waals surface area contributed by atoms with Gasteiger partial charge in [0.25, 0.3) is 0 Å². The van der Waals surface area contributed by atoms with E-state index in [1.165, 1.54) is 0 Å². The second kappa shape index (κ2) is 11.8. The van der Waals surface area contributed by atoms with Crippen LogP contribution in [-0.2, 0) is 0 Å². The van der Waals surface area contributed by atoms with E-state index in [4.69, 9.17) is 29.3 Å². The molecule has 6 heteroatoms. The van der Waals surface area contributed by atoms with Crippen LogP contribution in [0.5, 0.6) is 0 Å². The molecule has 10 rings (SSSR count). The molecule has 0 unspecified atom stereocenters. The summed E-state index contributed by atoms with van der Waals surface area (Å²) in [5, 5.41) is 4.23. The highest BCUT2D eigenvalue weighted by Crippen LogP contribution is 2.39. The van der Waals surface area contributed by atoms with Crippen LogP contribution in [0.15, 0.2) is 168 Å². The van der Waals surface area contributed by atoms with Crippen LogP contribution >= 0.6 is 0 Å². The number of aromatic nitrogens is 5. The normalized spacial score (nSPS) is 11.5. The van der Waals surface area contributed by atoms with Crippen LogP contribution in [0.4, 0.5) is 0 Å². The van der Waals surface area contributed by atoms with E-state index < -0.39 is 0 Å². The van der Waals surface area contributed by atoms with Crippen molar-refractivity contribution in [1.29, 1.82) is 0 Å². The lowest BCUT2D eigenvalue weighted by molar-refractivity contribution is 0.670. The Morgan fingerprint density at radius 2 is 1.00 bits per heavy atom. The van der Waals surface area contributed by atoms with Gasteiger partial charge >= 0.3 is 0 Å². The molecule has 0 aliphatic heterocycles. The third kappa shape index (κ3) is 5.09. The summed E-state index contributed by atoms with van der Waals surface area (Å²) in [6, 6.07) is 53.4. The Morgan fingerprint density at radius 3 is 1.76 bits per heavy atom. The maximum atomic E-state index is 6.52. The number of fused-ring (bicyclic) bond motifs is 6. The third-order valence-corrected chi connectivity index (χ3v) is 9.33. The summed E-state index contributed by atoms with van der Waals surface area (Å²) >= 11 is 0. The molecule has 10 aromatic rings. The quantitative estimate of drug-likeness (QED) is 0.172.